The van der Waals surface area contributed by atoms with Crippen LogP contribution >= 0.6 is 0 Å². The van der Waals surface area contributed by atoms with E-state index in [4.69, 9.17) is 4.74 Å². The summed E-state index contributed by atoms with van der Waals surface area (Å²) in [6.45, 7) is 6.04. The monoisotopic (exact) mass is 300 g/mol. The molecular formula is C18H24N2O2. The van der Waals surface area contributed by atoms with Crippen LogP contribution in [-0.2, 0) is 4.74 Å². The number of carbonyl (C=O) groups is 1. The zero-order valence-electron chi connectivity index (χ0n) is 13.5. The van der Waals surface area contributed by atoms with Crippen molar-refractivity contribution in [2.24, 2.45) is 5.92 Å². The summed E-state index contributed by atoms with van der Waals surface area (Å²) in [6.07, 6.45) is 0. The first kappa shape index (κ1) is 16.3. The number of rotatable bonds is 6. The van der Waals surface area contributed by atoms with Gasteiger partial charge in [-0.05, 0) is 28.8 Å². The second-order valence-electron chi connectivity index (χ2n) is 5.82. The second-order valence-corrected chi connectivity index (χ2v) is 5.82. The van der Waals surface area contributed by atoms with Crippen LogP contribution in [0.1, 0.15) is 13.8 Å². The number of carbonyl (C=O) groups excluding carboxylic acids is 1. The Balaban J connectivity index is 2.09. The van der Waals surface area contributed by atoms with Crippen molar-refractivity contribution < 1.29 is 9.53 Å². The summed E-state index contributed by atoms with van der Waals surface area (Å²) in [6, 6.07) is 14.0. The molecule has 0 saturated carbocycles. The van der Waals surface area contributed by atoms with Gasteiger partial charge in [0.1, 0.15) is 0 Å². The van der Waals surface area contributed by atoms with Gasteiger partial charge in [-0.2, -0.15) is 0 Å². The van der Waals surface area contributed by atoms with E-state index in [0.717, 1.165) is 11.1 Å². The van der Waals surface area contributed by atoms with Gasteiger partial charge in [0.05, 0.1) is 6.61 Å². The average molecular weight is 300 g/mol. The largest absolute Gasteiger partial charge is 0.383 e. The summed E-state index contributed by atoms with van der Waals surface area (Å²) in [4.78, 5) is 14.2. The lowest BCUT2D eigenvalue weighted by Gasteiger charge is -2.24. The lowest BCUT2D eigenvalue weighted by Crippen LogP contribution is -2.39. The summed E-state index contributed by atoms with van der Waals surface area (Å²) in [5.41, 5.74) is 0.815. The highest BCUT2D eigenvalue weighted by molar-refractivity contribution is 5.93. The van der Waals surface area contributed by atoms with Crippen molar-refractivity contribution in [1.29, 1.82) is 0 Å². The van der Waals surface area contributed by atoms with Gasteiger partial charge in [-0.1, -0.05) is 44.2 Å². The van der Waals surface area contributed by atoms with E-state index in [9.17, 15) is 4.79 Å². The number of methoxy groups -OCH3 is 1. The zero-order chi connectivity index (χ0) is 15.9. The first-order valence-corrected chi connectivity index (χ1v) is 7.64. The summed E-state index contributed by atoms with van der Waals surface area (Å²) < 4.78 is 5.09. The highest BCUT2D eigenvalue weighted by Crippen LogP contribution is 2.19. The second kappa shape index (κ2) is 7.80. The van der Waals surface area contributed by atoms with Gasteiger partial charge >= 0.3 is 6.03 Å². The van der Waals surface area contributed by atoms with Gasteiger partial charge in [0, 0.05) is 25.9 Å². The molecule has 1 N–H and O–H groups in total. The van der Waals surface area contributed by atoms with Gasteiger partial charge in [-0.15, -0.1) is 0 Å². The number of amides is 2. The molecule has 0 fully saturated rings. The Labute approximate surface area is 132 Å². The third kappa shape index (κ3) is 4.46. The van der Waals surface area contributed by atoms with Crippen molar-refractivity contribution in [3.8, 4) is 0 Å². The average Bonchev–Trinajstić information content (AvgIpc) is 2.51. The van der Waals surface area contributed by atoms with Gasteiger partial charge < -0.3 is 15.0 Å². The molecule has 118 valence electrons. The highest BCUT2D eigenvalue weighted by Gasteiger charge is 2.14. The van der Waals surface area contributed by atoms with Gasteiger partial charge in [0.2, 0.25) is 0 Å². The maximum absolute atomic E-state index is 12.4. The minimum Gasteiger partial charge on any atom is -0.383 e. The SMILES string of the molecule is COCCN(CC(C)C)C(=O)Nc1ccc2ccccc2c1. The van der Waals surface area contributed by atoms with E-state index in [1.165, 1.54) is 5.39 Å². The van der Waals surface area contributed by atoms with Crippen LogP contribution in [0.15, 0.2) is 42.5 Å². The van der Waals surface area contributed by atoms with Crippen molar-refractivity contribution in [1.82, 2.24) is 4.90 Å². The lowest BCUT2D eigenvalue weighted by atomic mass is 10.1. The third-order valence-electron chi connectivity index (χ3n) is 3.44. The fourth-order valence-corrected chi connectivity index (χ4v) is 2.39. The molecule has 2 rings (SSSR count). The number of nitrogens with one attached hydrogen (secondary N) is 1. The Morgan fingerprint density at radius 1 is 1.18 bits per heavy atom. The fourth-order valence-electron chi connectivity index (χ4n) is 2.39. The van der Waals surface area contributed by atoms with Gasteiger partial charge in [0.25, 0.3) is 0 Å². The van der Waals surface area contributed by atoms with Crippen LogP contribution in [0.2, 0.25) is 0 Å². The van der Waals surface area contributed by atoms with E-state index < -0.39 is 0 Å². The smallest absolute Gasteiger partial charge is 0.321 e. The molecule has 0 heterocycles. The Morgan fingerprint density at radius 2 is 1.91 bits per heavy atom. The van der Waals surface area contributed by atoms with Crippen molar-refractivity contribution in [2.75, 3.05) is 32.1 Å². The number of urea groups is 1. The molecule has 4 nitrogen and oxygen atoms in total. The third-order valence-corrected chi connectivity index (χ3v) is 3.44. The Morgan fingerprint density at radius 3 is 2.59 bits per heavy atom. The molecule has 0 atom stereocenters. The number of hydrogen-bond donors (Lipinski definition) is 1. The first-order chi connectivity index (χ1) is 10.6. The van der Waals surface area contributed by atoms with Crippen molar-refractivity contribution in [3.63, 3.8) is 0 Å². The number of benzene rings is 2. The number of hydrogen-bond acceptors (Lipinski definition) is 2. The Bertz CT molecular complexity index is 625. The molecule has 0 unspecified atom stereocenters. The Hall–Kier alpha value is -2.07. The van der Waals surface area contributed by atoms with E-state index in [-0.39, 0.29) is 6.03 Å². The van der Waals surface area contributed by atoms with Gasteiger partial charge in [0.15, 0.2) is 0 Å². The standard InChI is InChI=1S/C18H24N2O2/c1-14(2)13-20(10-11-22-3)18(21)19-17-9-8-15-6-4-5-7-16(15)12-17/h4-9,12,14H,10-11,13H2,1-3H3,(H,19,21). The van der Waals surface area contributed by atoms with E-state index in [2.05, 4.69) is 25.2 Å². The van der Waals surface area contributed by atoms with Crippen LogP contribution in [0, 0.1) is 5.92 Å². The molecule has 4 heteroatoms. The van der Waals surface area contributed by atoms with Crippen LogP contribution in [-0.4, -0.2) is 37.7 Å². The molecule has 22 heavy (non-hydrogen) atoms. The molecule has 0 bridgehead atoms. The van der Waals surface area contributed by atoms with Crippen molar-refractivity contribution in [2.45, 2.75) is 13.8 Å². The lowest BCUT2D eigenvalue weighted by molar-refractivity contribution is 0.150. The molecule has 0 aromatic heterocycles. The minimum atomic E-state index is -0.0824. The van der Waals surface area contributed by atoms with Crippen molar-refractivity contribution in [3.05, 3.63) is 42.5 Å². The normalized spacial score (nSPS) is 10.9. The molecule has 0 spiro atoms. The van der Waals surface area contributed by atoms with Crippen LogP contribution in [0.5, 0.6) is 0 Å². The molecule has 0 aliphatic heterocycles. The number of anilines is 1. The molecule has 2 aromatic carbocycles. The summed E-state index contributed by atoms with van der Waals surface area (Å²) in [5.74, 6) is 0.416. The van der Waals surface area contributed by atoms with Crippen LogP contribution in [0.4, 0.5) is 10.5 Å². The van der Waals surface area contributed by atoms with Crippen molar-refractivity contribution >= 4 is 22.5 Å². The maximum Gasteiger partial charge on any atom is 0.321 e. The van der Waals surface area contributed by atoms with E-state index in [1.54, 1.807) is 12.0 Å². The highest BCUT2D eigenvalue weighted by atomic mass is 16.5. The number of nitrogens with zero attached hydrogens (tertiary/aromatic N) is 1. The summed E-state index contributed by atoms with van der Waals surface area (Å²) in [5, 5.41) is 5.26. The quantitative estimate of drug-likeness (QED) is 0.877. The number of fused-ring (bicyclic) bond motifs is 1. The van der Waals surface area contributed by atoms with Gasteiger partial charge in [-0.3, -0.25) is 0 Å². The molecule has 2 aromatic rings. The molecule has 0 aliphatic carbocycles. The minimum absolute atomic E-state index is 0.0824. The fraction of sp³-hybridized carbons (Fsp3) is 0.389. The molecular weight excluding hydrogens is 276 g/mol. The maximum atomic E-state index is 12.4. The summed E-state index contributed by atoms with van der Waals surface area (Å²) in [7, 11) is 1.65. The summed E-state index contributed by atoms with van der Waals surface area (Å²) >= 11 is 0. The van der Waals surface area contributed by atoms with E-state index >= 15 is 0 Å². The number of ether oxygens (including phenoxy) is 1. The van der Waals surface area contributed by atoms with Crippen LogP contribution in [0.3, 0.4) is 0 Å². The Kier molecular flexibility index (Phi) is 5.78. The van der Waals surface area contributed by atoms with Crippen LogP contribution in [0.25, 0.3) is 10.8 Å². The predicted molar refractivity (Wildman–Crippen MR) is 91.3 cm³/mol. The zero-order valence-corrected chi connectivity index (χ0v) is 13.5. The predicted octanol–water partition coefficient (Wildman–Crippen LogP) is 3.98. The first-order valence-electron chi connectivity index (χ1n) is 7.64. The molecule has 0 aliphatic rings. The van der Waals surface area contributed by atoms with Gasteiger partial charge in [-0.25, -0.2) is 4.79 Å². The van der Waals surface area contributed by atoms with E-state index in [1.807, 2.05) is 36.4 Å². The van der Waals surface area contributed by atoms with Crippen LogP contribution < -0.4 is 5.32 Å². The topological polar surface area (TPSA) is 41.6 Å². The molecule has 0 saturated heterocycles. The van der Waals surface area contributed by atoms with E-state index in [0.29, 0.717) is 25.6 Å². The molecule has 0 radical (unpaired) electrons. The molecule has 2 amide bonds.